The molecule has 5 nitrogen and oxygen atoms in total. The van der Waals surface area contributed by atoms with Crippen LogP contribution >= 0.6 is 0 Å². The lowest BCUT2D eigenvalue weighted by atomic mass is 9.90. The molecule has 60 heavy (non-hydrogen) atoms. The Morgan fingerprint density at radius 2 is 0.900 bits per heavy atom. The fourth-order valence-electron chi connectivity index (χ4n) is 10.1. The first-order valence-electron chi connectivity index (χ1n) is 20.6. The van der Waals surface area contributed by atoms with Crippen LogP contribution in [0, 0.1) is 0 Å². The number of fused-ring (bicyclic) bond motifs is 16. The predicted molar refractivity (Wildman–Crippen MR) is 252 cm³/mol. The molecule has 280 valence electrons. The molecular formula is C55H35N5. The van der Waals surface area contributed by atoms with E-state index in [2.05, 4.69) is 215 Å². The van der Waals surface area contributed by atoms with E-state index in [0.717, 1.165) is 50.0 Å². The Hall–Kier alpha value is -8.02. The van der Waals surface area contributed by atoms with Crippen LogP contribution in [0.4, 0.5) is 0 Å². The number of benzene rings is 10. The van der Waals surface area contributed by atoms with Crippen LogP contribution in [-0.4, -0.2) is 20.9 Å². The first-order valence-corrected chi connectivity index (χ1v) is 20.6. The maximum atomic E-state index is 5.52. The number of nitrogens with zero attached hydrogens (tertiary/aromatic N) is 4. The summed E-state index contributed by atoms with van der Waals surface area (Å²) < 4.78 is 4.86. The van der Waals surface area contributed by atoms with Gasteiger partial charge in [0.25, 0.3) is 0 Å². The number of nitrogens with one attached hydrogen (secondary N) is 1. The zero-order valence-corrected chi connectivity index (χ0v) is 32.4. The molecule has 1 aliphatic heterocycles. The Bertz CT molecular complexity index is 3790. The second-order valence-electron chi connectivity index (χ2n) is 15.7. The van der Waals surface area contributed by atoms with E-state index in [0.29, 0.717) is 5.84 Å². The van der Waals surface area contributed by atoms with Crippen LogP contribution in [0.5, 0.6) is 0 Å². The van der Waals surface area contributed by atoms with Crippen molar-refractivity contribution in [1.29, 1.82) is 0 Å². The molecule has 0 fully saturated rings. The van der Waals surface area contributed by atoms with E-state index in [4.69, 9.17) is 9.98 Å². The van der Waals surface area contributed by atoms with Gasteiger partial charge in [0, 0.05) is 49.0 Å². The van der Waals surface area contributed by atoms with E-state index < -0.39 is 0 Å². The number of aromatic nitrogens is 2. The summed E-state index contributed by atoms with van der Waals surface area (Å²) in [6.45, 7) is 0. The van der Waals surface area contributed by atoms with Crippen molar-refractivity contribution in [2.24, 2.45) is 9.98 Å². The van der Waals surface area contributed by atoms with Crippen molar-refractivity contribution in [3.05, 3.63) is 211 Å². The second-order valence-corrected chi connectivity index (χ2v) is 15.7. The molecular weight excluding hydrogens is 731 g/mol. The van der Waals surface area contributed by atoms with Crippen molar-refractivity contribution in [2.75, 3.05) is 0 Å². The zero-order valence-electron chi connectivity index (χ0n) is 32.4. The lowest BCUT2D eigenvalue weighted by Gasteiger charge is -2.25. The van der Waals surface area contributed by atoms with Gasteiger partial charge in [-0.05, 0) is 56.8 Å². The first-order chi connectivity index (χ1) is 29.8. The van der Waals surface area contributed by atoms with Crippen LogP contribution in [0.3, 0.4) is 0 Å². The highest BCUT2D eigenvalue weighted by atomic mass is 15.3. The molecule has 0 aliphatic carbocycles. The average molecular weight is 766 g/mol. The van der Waals surface area contributed by atoms with Gasteiger partial charge in [-0.2, -0.15) is 4.99 Å². The topological polar surface area (TPSA) is 46.6 Å². The number of hydrogen-bond acceptors (Lipinski definition) is 3. The molecule has 1 unspecified atom stereocenters. The Morgan fingerprint density at radius 1 is 0.383 bits per heavy atom. The minimum atomic E-state index is -0.363. The SMILES string of the molecule is c1ccc(C2N=C(c3cccc4ccccc34)N=C(n3c4ccccc4c4c5c6ccccc6c6c7ccccc7n(-c7ccccc7)c6c5c5ccccc5c43)N2)cc1. The monoisotopic (exact) mass is 765 g/mol. The molecule has 5 heteroatoms. The van der Waals surface area contributed by atoms with Gasteiger partial charge < -0.3 is 9.88 Å². The molecule has 0 saturated heterocycles. The third-order valence-electron chi connectivity index (χ3n) is 12.5. The molecule has 3 heterocycles. The Kier molecular flexibility index (Phi) is 7.01. The van der Waals surface area contributed by atoms with E-state index in [1.165, 1.54) is 59.5 Å². The quantitative estimate of drug-likeness (QED) is 0.179. The van der Waals surface area contributed by atoms with Crippen molar-refractivity contribution >= 4 is 98.5 Å². The van der Waals surface area contributed by atoms with Crippen molar-refractivity contribution in [1.82, 2.24) is 14.5 Å². The number of hydrogen-bond donors (Lipinski definition) is 1. The summed E-state index contributed by atoms with van der Waals surface area (Å²) in [5, 5.41) is 18.3. The van der Waals surface area contributed by atoms with Crippen molar-refractivity contribution in [3.63, 3.8) is 0 Å². The zero-order chi connectivity index (χ0) is 39.3. The third kappa shape index (κ3) is 4.63. The Morgan fingerprint density at radius 3 is 1.63 bits per heavy atom. The summed E-state index contributed by atoms with van der Waals surface area (Å²) in [5.74, 6) is 1.44. The van der Waals surface area contributed by atoms with Gasteiger partial charge in [-0.25, -0.2) is 4.99 Å². The molecule has 1 N–H and O–H groups in total. The maximum Gasteiger partial charge on any atom is 0.211 e. The van der Waals surface area contributed by atoms with Crippen LogP contribution in [0.2, 0.25) is 0 Å². The minimum absolute atomic E-state index is 0.363. The minimum Gasteiger partial charge on any atom is -0.330 e. The van der Waals surface area contributed by atoms with E-state index in [-0.39, 0.29) is 6.17 Å². The van der Waals surface area contributed by atoms with Gasteiger partial charge in [-0.1, -0.05) is 176 Å². The summed E-state index contributed by atoms with van der Waals surface area (Å²) in [4.78, 5) is 10.9. The van der Waals surface area contributed by atoms with Gasteiger partial charge in [-0.15, -0.1) is 0 Å². The molecule has 0 spiro atoms. The van der Waals surface area contributed by atoms with Crippen molar-refractivity contribution in [2.45, 2.75) is 6.17 Å². The lowest BCUT2D eigenvalue weighted by Crippen LogP contribution is -2.37. The highest BCUT2D eigenvalue weighted by Crippen LogP contribution is 2.49. The van der Waals surface area contributed by atoms with Gasteiger partial charge in [0.15, 0.2) is 5.84 Å². The lowest BCUT2D eigenvalue weighted by molar-refractivity contribution is 0.662. The standard InChI is InChI=1S/C55H35N5/c1-3-19-35(20-4-1)53-56-54(42-31-17-21-34-18-7-8-24-37(34)42)58-55(57-53)60-46-33-16-14-30-44(46)50-48-39-26-10-9-25-38(39)47-43-29-13-15-32-45(43)59(36-22-5-2-6-23-36)52(47)49(48)40-27-11-12-28-41(40)51(50)60/h1-33,53H,(H,56,57,58). The van der Waals surface area contributed by atoms with Gasteiger partial charge in [-0.3, -0.25) is 4.57 Å². The summed E-state index contributed by atoms with van der Waals surface area (Å²) >= 11 is 0. The van der Waals surface area contributed by atoms with Crippen LogP contribution in [0.25, 0.3) is 92.4 Å². The molecule has 0 radical (unpaired) electrons. The summed E-state index contributed by atoms with van der Waals surface area (Å²) in [5.41, 5.74) is 7.81. The van der Waals surface area contributed by atoms with Gasteiger partial charge in [0.05, 0.1) is 22.1 Å². The number of para-hydroxylation sites is 3. The molecule has 0 saturated carbocycles. The van der Waals surface area contributed by atoms with Crippen molar-refractivity contribution in [3.8, 4) is 5.69 Å². The molecule has 0 amide bonds. The molecule has 1 aliphatic rings. The molecule has 1 atom stereocenters. The molecule has 12 aromatic rings. The Labute approximate surface area is 344 Å². The van der Waals surface area contributed by atoms with Gasteiger partial charge in [0.1, 0.15) is 6.17 Å². The van der Waals surface area contributed by atoms with Crippen LogP contribution < -0.4 is 5.32 Å². The first kappa shape index (κ1) is 33.0. The molecule has 2 aromatic heterocycles. The van der Waals surface area contributed by atoms with E-state index >= 15 is 0 Å². The Balaban J connectivity index is 1.23. The van der Waals surface area contributed by atoms with E-state index in [9.17, 15) is 0 Å². The molecule has 13 rings (SSSR count). The van der Waals surface area contributed by atoms with Crippen LogP contribution in [-0.2, 0) is 0 Å². The highest BCUT2D eigenvalue weighted by molar-refractivity contribution is 6.45. The number of amidine groups is 1. The largest absolute Gasteiger partial charge is 0.330 e. The molecule has 0 bridgehead atoms. The normalized spacial score (nSPS) is 14.5. The number of rotatable bonds is 3. The third-order valence-corrected chi connectivity index (χ3v) is 12.5. The number of aliphatic imine (C=N–C) groups is 2. The predicted octanol–water partition coefficient (Wildman–Crippen LogP) is 13.5. The second kappa shape index (κ2) is 12.7. The fraction of sp³-hybridized carbons (Fsp3) is 0.0182. The van der Waals surface area contributed by atoms with E-state index in [1.54, 1.807) is 0 Å². The maximum absolute atomic E-state index is 5.52. The van der Waals surface area contributed by atoms with Gasteiger partial charge >= 0.3 is 0 Å². The average Bonchev–Trinajstić information content (AvgIpc) is 3.86. The highest BCUT2D eigenvalue weighted by Gasteiger charge is 2.29. The summed E-state index contributed by atoms with van der Waals surface area (Å²) in [6, 6.07) is 71.9. The molecule has 10 aromatic carbocycles. The van der Waals surface area contributed by atoms with Crippen molar-refractivity contribution < 1.29 is 0 Å². The van der Waals surface area contributed by atoms with Crippen LogP contribution in [0.15, 0.2) is 210 Å². The van der Waals surface area contributed by atoms with Gasteiger partial charge in [0.2, 0.25) is 5.96 Å². The van der Waals surface area contributed by atoms with Crippen LogP contribution in [0.1, 0.15) is 17.3 Å². The summed E-state index contributed by atoms with van der Waals surface area (Å²) in [6.07, 6.45) is -0.363. The fourth-order valence-corrected chi connectivity index (χ4v) is 10.1. The smallest absolute Gasteiger partial charge is 0.211 e. The van der Waals surface area contributed by atoms with E-state index in [1.807, 2.05) is 0 Å². The summed E-state index contributed by atoms with van der Waals surface area (Å²) in [7, 11) is 0.